The highest BCUT2D eigenvalue weighted by atomic mass is 32.2. The Hall–Kier alpha value is 0.460. The van der Waals surface area contributed by atoms with E-state index >= 15 is 0 Å². The summed E-state index contributed by atoms with van der Waals surface area (Å²) < 4.78 is 11.0. The highest BCUT2D eigenvalue weighted by molar-refractivity contribution is 7.85. The molecule has 1 aliphatic heterocycles. The van der Waals surface area contributed by atoms with Crippen LogP contribution in [0.3, 0.4) is 0 Å². The second kappa shape index (κ2) is 4.36. The number of thiol groups is 1. The average molecular weight is 179 g/mol. The predicted molar refractivity (Wildman–Crippen MR) is 47.9 cm³/mol. The fraction of sp³-hybridized carbons (Fsp3) is 1.00. The van der Waals surface area contributed by atoms with Gasteiger partial charge in [0.15, 0.2) is 0 Å². The minimum absolute atomic E-state index is 0.555. The first-order chi connectivity index (χ1) is 4.83. The maximum atomic E-state index is 11.0. The first-order valence-electron chi connectivity index (χ1n) is 3.51. The van der Waals surface area contributed by atoms with E-state index in [1.807, 2.05) is 0 Å². The van der Waals surface area contributed by atoms with Crippen molar-refractivity contribution >= 4 is 23.4 Å². The molecule has 0 N–H and O–H groups in total. The number of hydrogen-bond acceptors (Lipinski definition) is 3. The number of nitrogens with zero attached hydrogens (tertiary/aromatic N) is 1. The van der Waals surface area contributed by atoms with Gasteiger partial charge in [0.2, 0.25) is 0 Å². The van der Waals surface area contributed by atoms with Crippen LogP contribution in [0.4, 0.5) is 0 Å². The summed E-state index contributed by atoms with van der Waals surface area (Å²) in [6.07, 6.45) is 1.06. The van der Waals surface area contributed by atoms with Crippen LogP contribution in [0, 0.1) is 0 Å². The molecular formula is C6H13NOS2. The van der Waals surface area contributed by atoms with Crippen molar-refractivity contribution in [3.63, 3.8) is 0 Å². The van der Waals surface area contributed by atoms with E-state index in [0.29, 0.717) is 0 Å². The maximum absolute atomic E-state index is 11.0. The first-order valence-corrected chi connectivity index (χ1v) is 5.63. The van der Waals surface area contributed by atoms with Gasteiger partial charge in [-0.25, -0.2) is 0 Å². The van der Waals surface area contributed by atoms with Gasteiger partial charge in [0.1, 0.15) is 0 Å². The summed E-state index contributed by atoms with van der Waals surface area (Å²) in [5.74, 6) is 2.52. The van der Waals surface area contributed by atoms with E-state index in [1.165, 1.54) is 0 Å². The molecule has 0 spiro atoms. The van der Waals surface area contributed by atoms with Gasteiger partial charge in [0.25, 0.3) is 0 Å². The Labute approximate surface area is 69.8 Å². The fourth-order valence-corrected chi connectivity index (χ4v) is 2.44. The Bertz CT molecular complexity index is 129. The Balaban J connectivity index is 2.33. The molecule has 0 aromatic rings. The third-order valence-electron chi connectivity index (χ3n) is 1.68. The van der Waals surface area contributed by atoms with Crippen LogP contribution in [0.25, 0.3) is 0 Å². The van der Waals surface area contributed by atoms with Gasteiger partial charge in [-0.15, -0.1) is 0 Å². The van der Waals surface area contributed by atoms with E-state index in [9.17, 15) is 4.21 Å². The second-order valence-corrected chi connectivity index (χ2v) is 4.44. The van der Waals surface area contributed by atoms with Crippen LogP contribution in [0.5, 0.6) is 0 Å². The summed E-state index contributed by atoms with van der Waals surface area (Å²) in [6.45, 7) is 2.02. The first kappa shape index (κ1) is 8.56. The van der Waals surface area contributed by atoms with E-state index in [4.69, 9.17) is 0 Å². The van der Waals surface area contributed by atoms with E-state index in [0.717, 1.165) is 36.9 Å². The average Bonchev–Trinajstić information content (AvgIpc) is 2.14. The summed E-state index contributed by atoms with van der Waals surface area (Å²) in [5.41, 5.74) is 0. The molecule has 10 heavy (non-hydrogen) atoms. The standard InChI is InChI=1S/C6H13NOS2/c8-10-4-1-2-7(6-9)3-5-10/h9H,1-6H2. The molecule has 0 amide bonds. The van der Waals surface area contributed by atoms with Gasteiger partial charge in [-0.05, 0) is 13.0 Å². The lowest BCUT2D eigenvalue weighted by atomic mass is 10.4. The van der Waals surface area contributed by atoms with Crippen LogP contribution in [-0.4, -0.2) is 39.6 Å². The molecule has 0 saturated carbocycles. The van der Waals surface area contributed by atoms with Gasteiger partial charge >= 0.3 is 0 Å². The van der Waals surface area contributed by atoms with Gasteiger partial charge in [0.05, 0.1) is 0 Å². The normalized spacial score (nSPS) is 29.9. The topological polar surface area (TPSA) is 20.3 Å². The minimum Gasteiger partial charge on any atom is -0.293 e. The monoisotopic (exact) mass is 179 g/mol. The van der Waals surface area contributed by atoms with Crippen LogP contribution in [0.2, 0.25) is 0 Å². The molecule has 0 aliphatic carbocycles. The van der Waals surface area contributed by atoms with Crippen molar-refractivity contribution in [3.8, 4) is 0 Å². The Kier molecular flexibility index (Phi) is 3.73. The molecule has 1 rings (SSSR count). The lowest BCUT2D eigenvalue weighted by Gasteiger charge is -2.14. The molecule has 0 aromatic heterocycles. The maximum Gasteiger partial charge on any atom is 0.0414 e. The van der Waals surface area contributed by atoms with E-state index in [1.54, 1.807) is 0 Å². The molecule has 60 valence electrons. The largest absolute Gasteiger partial charge is 0.293 e. The summed E-state index contributed by atoms with van der Waals surface area (Å²) in [7, 11) is -0.555. The van der Waals surface area contributed by atoms with Crippen LogP contribution in [0.15, 0.2) is 0 Å². The molecule has 1 fully saturated rings. The van der Waals surface area contributed by atoms with Gasteiger partial charge in [-0.3, -0.25) is 9.11 Å². The van der Waals surface area contributed by atoms with Crippen molar-refractivity contribution in [1.82, 2.24) is 4.90 Å². The van der Waals surface area contributed by atoms with Gasteiger partial charge in [-0.1, -0.05) is 0 Å². The summed E-state index contributed by atoms with van der Waals surface area (Å²) in [4.78, 5) is 2.23. The SMILES string of the molecule is O=S1CCCN(CS)CC1. The molecule has 4 heteroatoms. The number of hydrogen-bond donors (Lipinski definition) is 1. The molecule has 2 nitrogen and oxygen atoms in total. The van der Waals surface area contributed by atoms with Crippen molar-refractivity contribution in [2.75, 3.05) is 30.5 Å². The summed E-state index contributed by atoms with van der Waals surface area (Å²) >= 11 is 4.17. The van der Waals surface area contributed by atoms with Gasteiger partial charge < -0.3 is 0 Å². The van der Waals surface area contributed by atoms with E-state index in [2.05, 4.69) is 17.5 Å². The second-order valence-electron chi connectivity index (χ2n) is 2.46. The third kappa shape index (κ3) is 2.60. The predicted octanol–water partition coefficient (Wildman–Crippen LogP) is 0.328. The number of rotatable bonds is 1. The highest BCUT2D eigenvalue weighted by Gasteiger charge is 2.10. The molecule has 0 aromatic carbocycles. The molecule has 1 heterocycles. The highest BCUT2D eigenvalue weighted by Crippen LogP contribution is 2.01. The van der Waals surface area contributed by atoms with Crippen LogP contribution in [-0.2, 0) is 10.8 Å². The Morgan fingerprint density at radius 2 is 2.20 bits per heavy atom. The smallest absolute Gasteiger partial charge is 0.0414 e. The zero-order valence-electron chi connectivity index (χ0n) is 5.95. The fourth-order valence-electron chi connectivity index (χ4n) is 1.04. The zero-order valence-corrected chi connectivity index (χ0v) is 7.66. The van der Waals surface area contributed by atoms with Gasteiger partial charge in [-0.2, -0.15) is 12.6 Å². The van der Waals surface area contributed by atoms with Crippen LogP contribution >= 0.6 is 12.6 Å². The van der Waals surface area contributed by atoms with Crippen molar-refractivity contribution in [2.24, 2.45) is 0 Å². The van der Waals surface area contributed by atoms with Crippen LogP contribution in [0.1, 0.15) is 6.42 Å². The van der Waals surface area contributed by atoms with Crippen molar-refractivity contribution < 1.29 is 4.21 Å². The summed E-state index contributed by atoms with van der Waals surface area (Å²) in [5, 5.41) is 0. The molecule has 1 atom stereocenters. The zero-order chi connectivity index (χ0) is 7.40. The Morgan fingerprint density at radius 1 is 1.40 bits per heavy atom. The molecule has 0 bridgehead atoms. The quantitative estimate of drug-likeness (QED) is 0.585. The lowest BCUT2D eigenvalue weighted by molar-refractivity contribution is 0.349. The molecular weight excluding hydrogens is 166 g/mol. The summed E-state index contributed by atoms with van der Waals surface area (Å²) in [6, 6.07) is 0. The molecule has 0 radical (unpaired) electrons. The molecule has 1 aliphatic rings. The Morgan fingerprint density at radius 3 is 2.90 bits per heavy atom. The van der Waals surface area contributed by atoms with Crippen molar-refractivity contribution in [2.45, 2.75) is 6.42 Å². The molecule has 1 unspecified atom stereocenters. The van der Waals surface area contributed by atoms with Crippen molar-refractivity contribution in [3.05, 3.63) is 0 Å². The molecule has 1 saturated heterocycles. The van der Waals surface area contributed by atoms with Gasteiger partial charge in [0, 0.05) is 34.7 Å². The van der Waals surface area contributed by atoms with E-state index < -0.39 is 10.8 Å². The van der Waals surface area contributed by atoms with Crippen LogP contribution < -0.4 is 0 Å². The third-order valence-corrected chi connectivity index (χ3v) is 3.46. The van der Waals surface area contributed by atoms with E-state index in [-0.39, 0.29) is 0 Å². The van der Waals surface area contributed by atoms with Crippen molar-refractivity contribution in [1.29, 1.82) is 0 Å². The lowest BCUT2D eigenvalue weighted by Crippen LogP contribution is -2.24. The minimum atomic E-state index is -0.555.